The van der Waals surface area contributed by atoms with Crippen LogP contribution in [0.2, 0.25) is 10.3 Å². The second kappa shape index (κ2) is 38.4. The molecule has 606 valence electrons. The summed E-state index contributed by atoms with van der Waals surface area (Å²) in [6.45, 7) is 30.8. The molecule has 8 aliphatic rings. The van der Waals surface area contributed by atoms with Gasteiger partial charge in [0.05, 0.1) is 27.9 Å². The molecule has 11 heterocycles. The molecule has 0 saturated carbocycles. The van der Waals surface area contributed by atoms with Crippen molar-refractivity contribution < 1.29 is 109 Å². The van der Waals surface area contributed by atoms with Crippen molar-refractivity contribution in [3.8, 4) is 10.1 Å². The standard InChI is InChI=1S/C18H21NO5S.2C16H19ClN2O3.C11H15NO3.C9H7BrO2S.C9H13NO2.2HI.Sm/c1-11-5-7-12(8-6-11)25(22,23)16-14-10-9-13(15(16)20)19(14)17(21)24-18(2,3)4;1-16(2,3)22-15(21)19-11-7-13(20)12(19)6-10(11)9-4-5-14(17)18-8-9;1-16(2,3)22-15(21)19-10-6-11(14(19)12(20)7-10)9-4-5-13(17)18-8-9;1-11(2,3)15-10(14)12-7-4-5-8(12)9(13)6-7;1-8-2-4-9(5-3-8)13(11,12)7-6-10;1-9(2,3)12-8(11)10-6-4-5-7-10;;;/h5-10,13-14,16H,1-4H3;4-5,8,10-12H,6-7H2,1-3H3;4-5,8,10-11,14H,6-7H2,1-3H3;4-5,7-8H,6H2,1-3H3;2-5H,1H3;4-7H,1-3H3;2*1H;/q;;;;;;;;+2/p-2. The van der Waals surface area contributed by atoms with Gasteiger partial charge in [0.2, 0.25) is 9.84 Å². The summed E-state index contributed by atoms with van der Waals surface area (Å²) in [5.74, 6) is -0.0769. The number of pyridine rings is 2. The van der Waals surface area contributed by atoms with E-state index in [1.807, 2.05) is 115 Å². The SMILES string of the molecule is CC(C)(C)OC(=O)N1C2C=CC1C(=O)C2.CC(C)(C)OC(=O)N1C2CC(=O)C1C(c1ccc(Cl)nc1)C2.CC(C)(C)OC(=O)N1C2CC(c3ccc(Cl)nc3)C1CC2=O.CC(C)(C)OC(=O)n1cccc1.Cc1ccc(S(=O)(=O)C#CBr)cc1.Cc1ccc(S(=O)(=O)C2C(=O)C3C=CC2N3C(=O)OC(C)(C)C)cc1.[I][Sm][I]. The second-order valence-electron chi connectivity index (χ2n) is 32.3. The molecule has 4 amide bonds. The van der Waals surface area contributed by atoms with Crippen molar-refractivity contribution in [1.82, 2.24) is 34.1 Å². The number of hydrogen-bond donors (Lipinski definition) is 0. The van der Waals surface area contributed by atoms with Gasteiger partial charge in [0.1, 0.15) is 56.4 Å². The van der Waals surface area contributed by atoms with E-state index >= 15 is 0 Å². The van der Waals surface area contributed by atoms with Crippen LogP contribution in [0.25, 0.3) is 0 Å². The average Bonchev–Trinajstić information content (AvgIpc) is 1.60. The third-order valence-electron chi connectivity index (χ3n) is 17.9. The quantitative estimate of drug-likeness (QED) is 0.0519. The van der Waals surface area contributed by atoms with E-state index in [1.165, 1.54) is 26.5 Å². The number of aryl methyl sites for hydroxylation is 2. The third kappa shape index (κ3) is 25.0. The maximum absolute atomic E-state index is 13.0. The van der Waals surface area contributed by atoms with E-state index in [-0.39, 0.29) is 101 Å². The Morgan fingerprint density at radius 3 is 1.39 bits per heavy atom. The predicted molar refractivity (Wildman–Crippen MR) is 439 cm³/mol. The van der Waals surface area contributed by atoms with Crippen molar-refractivity contribution >= 4 is 141 Å². The van der Waals surface area contributed by atoms with Gasteiger partial charge in [-0.3, -0.25) is 43.3 Å². The molecule has 5 aromatic rings. The van der Waals surface area contributed by atoms with Crippen LogP contribution in [0.1, 0.15) is 170 Å². The van der Waals surface area contributed by atoms with Crippen LogP contribution in [0, 0.1) is 49.4 Å². The molecule has 11 unspecified atom stereocenters. The Bertz CT molecular complexity index is 4610. The molecule has 11 atom stereocenters. The summed E-state index contributed by atoms with van der Waals surface area (Å²) < 4.78 is 76.6. The van der Waals surface area contributed by atoms with Crippen LogP contribution in [0.4, 0.5) is 24.0 Å². The summed E-state index contributed by atoms with van der Waals surface area (Å²) in [5, 5.41) is 1.66. The van der Waals surface area contributed by atoms with Crippen LogP contribution in [0.15, 0.2) is 144 Å². The van der Waals surface area contributed by atoms with Crippen LogP contribution in [0.3, 0.4) is 0 Å². The fourth-order valence-electron chi connectivity index (χ4n) is 13.4. The van der Waals surface area contributed by atoms with Gasteiger partial charge in [-0.1, -0.05) is 95.0 Å². The minimum atomic E-state index is -3.90. The predicted octanol–water partition coefficient (Wildman–Crippen LogP) is 16.2. The van der Waals surface area contributed by atoms with Crippen molar-refractivity contribution in [2.75, 3.05) is 0 Å². The molecule has 0 radical (unpaired) electrons. The van der Waals surface area contributed by atoms with Crippen LogP contribution >= 0.6 is 67.7 Å². The number of nitrogens with zero attached hydrogens (tertiary/aromatic N) is 7. The van der Waals surface area contributed by atoms with Gasteiger partial charge in [0.15, 0.2) is 38.2 Å². The van der Waals surface area contributed by atoms with Crippen molar-refractivity contribution in [2.24, 2.45) is 0 Å². The molecule has 2 aromatic carbocycles. The summed E-state index contributed by atoms with van der Waals surface area (Å²) in [5.41, 5.74) is 1.09. The Kier molecular flexibility index (Phi) is 32.0. The molecular weight excluding hydrogens is 1950 g/mol. The second-order valence-corrected chi connectivity index (χ2v) is 56.6. The van der Waals surface area contributed by atoms with Gasteiger partial charge in [-0.05, 0) is 195 Å². The molecule has 112 heavy (non-hydrogen) atoms. The van der Waals surface area contributed by atoms with Crippen LogP contribution in [-0.2, 0) is 62.5 Å². The molecule has 8 aliphatic heterocycles. The number of hydrogen-bond acceptors (Lipinski definition) is 20. The molecule has 33 heteroatoms. The van der Waals surface area contributed by atoms with Gasteiger partial charge in [0, 0.05) is 89.2 Å². The zero-order valence-corrected chi connectivity index (χ0v) is 76.8. The molecule has 25 nitrogen and oxygen atoms in total. The summed E-state index contributed by atoms with van der Waals surface area (Å²) in [6.07, 6.45) is 14.0. The molecular formula is C79H94BrCl2I2N7O18S2Sm. The topological polar surface area (TPSA) is 312 Å². The van der Waals surface area contributed by atoms with Crippen LogP contribution < -0.4 is 0 Å². The van der Waals surface area contributed by atoms with Gasteiger partial charge in [-0.15, -0.1) is 0 Å². The van der Waals surface area contributed by atoms with Gasteiger partial charge in [-0.2, -0.15) is 0 Å². The zero-order chi connectivity index (χ0) is 83.7. The Morgan fingerprint density at radius 1 is 0.518 bits per heavy atom. The summed E-state index contributed by atoms with van der Waals surface area (Å²) in [4.78, 5) is 125. The van der Waals surface area contributed by atoms with Crippen LogP contribution in [0.5, 0.6) is 0 Å². The number of aromatic nitrogens is 3. The van der Waals surface area contributed by atoms with E-state index in [9.17, 15) is 60.0 Å². The van der Waals surface area contributed by atoms with E-state index in [0.29, 0.717) is 36.0 Å². The molecule has 0 aliphatic carbocycles. The average molecular weight is 2050 g/mol. The number of halogens is 5. The van der Waals surface area contributed by atoms with E-state index in [4.69, 9.17) is 46.9 Å². The van der Waals surface area contributed by atoms with E-state index in [1.54, 1.807) is 134 Å². The zero-order valence-electron chi connectivity index (χ0n) is 65.2. The third-order valence-corrected chi connectivity index (χ3v) is 22.1. The van der Waals surface area contributed by atoms with Crippen molar-refractivity contribution in [2.45, 2.75) is 253 Å². The first-order valence-corrected chi connectivity index (χ1v) is 55.3. The van der Waals surface area contributed by atoms with Gasteiger partial charge < -0.3 is 23.7 Å². The number of Topliss-reactive ketones (excluding diaryl/α,β-unsaturated/α-hetero) is 4. The number of amides is 4. The number of rotatable bonds is 5. The Morgan fingerprint density at radius 2 is 0.955 bits per heavy atom. The Labute approximate surface area is 706 Å². The number of carbonyl (C=O) groups excluding carboxylic acids is 9. The molecule has 0 N–H and O–H groups in total. The Balaban J connectivity index is 0.000000189. The first kappa shape index (κ1) is 93.2. The van der Waals surface area contributed by atoms with Gasteiger partial charge in [-0.25, -0.2) is 50.8 Å². The first-order chi connectivity index (χ1) is 51.9. The monoisotopic (exact) mass is 2050 g/mol. The number of carbonyl (C=O) groups is 9. The molecule has 0 spiro atoms. The summed E-state index contributed by atoms with van der Waals surface area (Å²) in [7, 11) is -7.33. The molecule has 6 fully saturated rings. The minimum absolute atomic E-state index is 0.0245. The normalized spacial score (nSPS) is 22.9. The number of ether oxygens (including phenoxy) is 5. The molecule has 8 bridgehead atoms. The number of fused-ring (bicyclic) bond motifs is 8. The first-order valence-electron chi connectivity index (χ1n) is 35.7. The number of ketones is 4. The molecule has 13 rings (SSSR count). The van der Waals surface area contributed by atoms with E-state index in [0.717, 1.165) is 28.7 Å². The molecule has 3 aromatic heterocycles. The number of sulfone groups is 2. The van der Waals surface area contributed by atoms with Crippen molar-refractivity contribution in [3.63, 3.8) is 0 Å². The van der Waals surface area contributed by atoms with Gasteiger partial charge >= 0.3 is 84.5 Å². The maximum atomic E-state index is 13.0. The Hall–Kier alpha value is -5.95. The van der Waals surface area contributed by atoms with Gasteiger partial charge in [0.25, 0.3) is 0 Å². The van der Waals surface area contributed by atoms with E-state index < -0.39 is 101 Å². The summed E-state index contributed by atoms with van der Waals surface area (Å²) >= 11 is 19.5. The fourth-order valence-corrected chi connectivity index (χ4v) is 16.8. The fraction of sp³-hybridized carbons (Fsp3) is 0.481. The van der Waals surface area contributed by atoms with Crippen LogP contribution in [-0.4, -0.2) is 186 Å². The molecule has 6 saturated heterocycles. The number of benzene rings is 2. The van der Waals surface area contributed by atoms with Crippen molar-refractivity contribution in [3.05, 3.63) is 167 Å². The van der Waals surface area contributed by atoms with E-state index in [2.05, 4.69) is 64.6 Å². The summed E-state index contributed by atoms with van der Waals surface area (Å²) in [6, 6.07) is 20.5. The van der Waals surface area contributed by atoms with Crippen molar-refractivity contribution in [1.29, 1.82) is 0 Å².